The number of rotatable bonds is 3. The van der Waals surface area contributed by atoms with Gasteiger partial charge < -0.3 is 15.4 Å². The quantitative estimate of drug-likeness (QED) is 0.759. The van der Waals surface area contributed by atoms with Gasteiger partial charge in [0.15, 0.2) is 0 Å². The van der Waals surface area contributed by atoms with Crippen LogP contribution in [0.3, 0.4) is 0 Å². The number of nitriles is 1. The summed E-state index contributed by atoms with van der Waals surface area (Å²) in [5.41, 5.74) is 11.3. The van der Waals surface area contributed by atoms with Gasteiger partial charge in [-0.05, 0) is 32.4 Å². The van der Waals surface area contributed by atoms with Crippen LogP contribution >= 0.6 is 0 Å². The second kappa shape index (κ2) is 6.27. The predicted octanol–water partition coefficient (Wildman–Crippen LogP) is 3.08. The lowest BCUT2D eigenvalue weighted by atomic mass is 10.1. The number of nitrogens with two attached hydrogens (primary N) is 1. The number of ether oxygens (including phenoxy) is 1. The summed E-state index contributed by atoms with van der Waals surface area (Å²) in [4.78, 5) is 19.3. The van der Waals surface area contributed by atoms with Crippen molar-refractivity contribution >= 4 is 22.6 Å². The van der Waals surface area contributed by atoms with Crippen LogP contribution in [0.5, 0.6) is 5.75 Å². The highest BCUT2D eigenvalue weighted by Crippen LogP contribution is 2.39. The molecule has 2 aromatic heterocycles. The number of benzene rings is 1. The summed E-state index contributed by atoms with van der Waals surface area (Å²) in [6.45, 7) is 6.91. The van der Waals surface area contributed by atoms with Crippen LogP contribution in [-0.4, -0.2) is 34.0 Å². The predicted molar refractivity (Wildman–Crippen MR) is 107 cm³/mol. The van der Waals surface area contributed by atoms with E-state index in [2.05, 4.69) is 11.1 Å². The molecule has 1 amide bonds. The van der Waals surface area contributed by atoms with Gasteiger partial charge in [0.2, 0.25) is 0 Å². The molecular weight excluding hydrogens is 354 g/mol. The number of nitrogens with zero attached hydrogens (tertiary/aromatic N) is 4. The van der Waals surface area contributed by atoms with Crippen LogP contribution < -0.4 is 10.5 Å². The van der Waals surface area contributed by atoms with Crippen molar-refractivity contribution in [2.45, 2.75) is 27.3 Å². The van der Waals surface area contributed by atoms with Gasteiger partial charge in [-0.25, -0.2) is 0 Å². The van der Waals surface area contributed by atoms with Gasteiger partial charge >= 0.3 is 0 Å². The molecule has 0 atom stereocenters. The molecule has 0 radical (unpaired) electrons. The van der Waals surface area contributed by atoms with Gasteiger partial charge in [0, 0.05) is 23.7 Å². The second-order valence-electron chi connectivity index (χ2n) is 6.93. The summed E-state index contributed by atoms with van der Waals surface area (Å²) in [5, 5.41) is 10.3. The highest BCUT2D eigenvalue weighted by Gasteiger charge is 2.33. The maximum absolute atomic E-state index is 13.1. The number of carbonyl (C=O) groups is 1. The first-order valence-electron chi connectivity index (χ1n) is 9.10. The average Bonchev–Trinajstić information content (AvgIpc) is 3.16. The largest absolute Gasteiger partial charge is 0.496 e. The molecule has 28 heavy (non-hydrogen) atoms. The van der Waals surface area contributed by atoms with Crippen molar-refractivity contribution in [3.63, 3.8) is 0 Å². The molecule has 2 N–H and O–H groups in total. The molecule has 0 fully saturated rings. The smallest absolute Gasteiger partial charge is 0.258 e. The van der Waals surface area contributed by atoms with Crippen molar-refractivity contribution < 1.29 is 9.53 Å². The van der Waals surface area contributed by atoms with Crippen LogP contribution in [0.25, 0.3) is 16.6 Å². The summed E-state index contributed by atoms with van der Waals surface area (Å²) in [6.07, 6.45) is 1.65. The number of hydrogen-bond acceptors (Lipinski definition) is 5. The Bertz CT molecular complexity index is 1190. The normalized spacial score (nSPS) is 13.1. The van der Waals surface area contributed by atoms with Crippen molar-refractivity contribution in [3.05, 3.63) is 46.3 Å². The minimum Gasteiger partial charge on any atom is -0.496 e. The van der Waals surface area contributed by atoms with E-state index < -0.39 is 0 Å². The van der Waals surface area contributed by atoms with Crippen molar-refractivity contribution in [2.24, 2.45) is 0 Å². The van der Waals surface area contributed by atoms with E-state index >= 15 is 0 Å². The molecule has 7 heteroatoms. The fourth-order valence-electron chi connectivity index (χ4n) is 4.07. The Morgan fingerprint density at radius 3 is 2.75 bits per heavy atom. The zero-order chi connectivity index (χ0) is 20.2. The van der Waals surface area contributed by atoms with E-state index in [1.165, 1.54) is 0 Å². The zero-order valence-corrected chi connectivity index (χ0v) is 16.3. The van der Waals surface area contributed by atoms with Gasteiger partial charge in [0.05, 0.1) is 36.1 Å². The molecule has 1 aromatic carbocycles. The van der Waals surface area contributed by atoms with E-state index in [1.54, 1.807) is 18.2 Å². The summed E-state index contributed by atoms with van der Waals surface area (Å²) >= 11 is 0. The number of fused-ring (bicyclic) bond motifs is 3. The van der Waals surface area contributed by atoms with Crippen molar-refractivity contribution in [3.8, 4) is 17.5 Å². The lowest BCUT2D eigenvalue weighted by Gasteiger charge is -2.18. The fourth-order valence-corrected chi connectivity index (χ4v) is 4.07. The summed E-state index contributed by atoms with van der Waals surface area (Å²) in [5.74, 6) is 0.930. The third-order valence-electron chi connectivity index (χ3n) is 5.48. The van der Waals surface area contributed by atoms with E-state index in [4.69, 9.17) is 10.5 Å². The topological polar surface area (TPSA) is 97.2 Å². The number of pyridine rings is 1. The Balaban J connectivity index is 2.18. The number of hydrogen-bond donors (Lipinski definition) is 1. The first-order valence-corrected chi connectivity index (χ1v) is 9.10. The summed E-state index contributed by atoms with van der Waals surface area (Å²) in [7, 11) is 1.61. The van der Waals surface area contributed by atoms with Gasteiger partial charge in [-0.1, -0.05) is 6.07 Å². The van der Waals surface area contributed by atoms with E-state index in [-0.39, 0.29) is 5.91 Å². The molecular formula is C21H21N5O2. The molecule has 4 rings (SSSR count). The maximum atomic E-state index is 13.1. The molecule has 3 heterocycles. The Labute approximate surface area is 162 Å². The molecule has 7 nitrogen and oxygen atoms in total. The van der Waals surface area contributed by atoms with Crippen LogP contribution in [0.4, 0.5) is 5.82 Å². The SMILES string of the molecule is CCN1Cc2ncc3c(C#N)c(N)n(-c4c(C)ccc(OC)c4C)c3c2C1=O. The fraction of sp³-hybridized carbons (Fsp3) is 0.286. The number of methoxy groups -OCH3 is 1. The lowest BCUT2D eigenvalue weighted by molar-refractivity contribution is 0.0788. The number of aryl methyl sites for hydroxylation is 1. The lowest BCUT2D eigenvalue weighted by Crippen LogP contribution is -2.23. The number of nitrogen functional groups attached to an aromatic ring is 1. The summed E-state index contributed by atoms with van der Waals surface area (Å²) in [6, 6.07) is 6.03. The van der Waals surface area contributed by atoms with Crippen molar-refractivity contribution in [2.75, 3.05) is 19.4 Å². The van der Waals surface area contributed by atoms with E-state index in [0.717, 1.165) is 16.8 Å². The monoisotopic (exact) mass is 375 g/mol. The minimum absolute atomic E-state index is 0.0861. The number of carbonyl (C=O) groups excluding carboxylic acids is 1. The highest BCUT2D eigenvalue weighted by molar-refractivity contribution is 6.11. The number of anilines is 1. The first-order chi connectivity index (χ1) is 13.4. The Morgan fingerprint density at radius 1 is 1.36 bits per heavy atom. The molecule has 1 aliphatic heterocycles. The average molecular weight is 375 g/mol. The molecule has 0 saturated heterocycles. The minimum atomic E-state index is -0.0861. The third kappa shape index (κ3) is 2.21. The standard InChI is InChI=1S/C21H21N5O2/c1-5-25-10-15-17(21(25)27)19-14(9-24-15)13(8-22)20(23)26(19)18-11(2)6-7-16(28-4)12(18)3/h6-7,9H,5,10,23H2,1-4H3. The van der Waals surface area contributed by atoms with Gasteiger partial charge in [-0.2, -0.15) is 5.26 Å². The van der Waals surface area contributed by atoms with Crippen LogP contribution in [0.2, 0.25) is 0 Å². The van der Waals surface area contributed by atoms with Gasteiger partial charge in [-0.3, -0.25) is 14.3 Å². The molecule has 3 aromatic rings. The van der Waals surface area contributed by atoms with Gasteiger partial charge in [0.25, 0.3) is 5.91 Å². The summed E-state index contributed by atoms with van der Waals surface area (Å²) < 4.78 is 7.31. The number of aromatic nitrogens is 2. The Hall–Kier alpha value is -3.53. The van der Waals surface area contributed by atoms with E-state index in [0.29, 0.717) is 52.4 Å². The Kier molecular flexibility index (Phi) is 4.00. The third-order valence-corrected chi connectivity index (χ3v) is 5.48. The molecule has 0 unspecified atom stereocenters. The molecule has 0 saturated carbocycles. The van der Waals surface area contributed by atoms with Crippen molar-refractivity contribution in [1.82, 2.24) is 14.5 Å². The van der Waals surface area contributed by atoms with Crippen LogP contribution in [0.1, 0.15) is 39.7 Å². The second-order valence-corrected chi connectivity index (χ2v) is 6.93. The molecule has 0 aliphatic carbocycles. The van der Waals surface area contributed by atoms with Gasteiger partial charge in [-0.15, -0.1) is 0 Å². The number of amides is 1. The van der Waals surface area contributed by atoms with Crippen LogP contribution in [-0.2, 0) is 6.54 Å². The highest BCUT2D eigenvalue weighted by atomic mass is 16.5. The molecule has 1 aliphatic rings. The van der Waals surface area contributed by atoms with E-state index in [1.807, 2.05) is 37.5 Å². The molecule has 0 spiro atoms. The zero-order valence-electron chi connectivity index (χ0n) is 16.3. The molecule has 142 valence electrons. The van der Waals surface area contributed by atoms with Crippen LogP contribution in [0.15, 0.2) is 18.3 Å². The van der Waals surface area contributed by atoms with Gasteiger partial charge in [0.1, 0.15) is 23.2 Å². The first kappa shape index (κ1) is 17.9. The van der Waals surface area contributed by atoms with Crippen LogP contribution in [0, 0.1) is 25.2 Å². The maximum Gasteiger partial charge on any atom is 0.258 e. The van der Waals surface area contributed by atoms with Crippen molar-refractivity contribution in [1.29, 1.82) is 5.26 Å². The Morgan fingerprint density at radius 2 is 2.11 bits per heavy atom. The van der Waals surface area contributed by atoms with E-state index in [9.17, 15) is 10.1 Å². The molecule has 0 bridgehead atoms.